The lowest BCUT2D eigenvalue weighted by atomic mass is 10.2. The van der Waals surface area contributed by atoms with Gasteiger partial charge < -0.3 is 0 Å². The quantitative estimate of drug-likeness (QED) is 0.671. The molecule has 0 spiro atoms. The summed E-state index contributed by atoms with van der Waals surface area (Å²) in [5, 5.41) is 3.57. The average Bonchev–Trinajstić information content (AvgIpc) is 2.93. The van der Waals surface area contributed by atoms with Gasteiger partial charge in [0.1, 0.15) is 0 Å². The third kappa shape index (κ3) is 2.60. The summed E-state index contributed by atoms with van der Waals surface area (Å²) in [5.41, 5.74) is 3.74. The molecular weight excluding hydrogens is 278 g/mol. The standard InChI is InChI=1S/C18H28P2/c1-13-9-10-14(2)19(13)17-7-5-6-8-18(17)20-15(3)11-12-16(20)4/h5-8,13-16H,9-12H2,1-4H3/t13-,14?,15-,16?,19?,20?/m0/s1. The van der Waals surface area contributed by atoms with Crippen molar-refractivity contribution in [3.8, 4) is 0 Å². The smallest absolute Gasteiger partial charge is 0.0158 e. The van der Waals surface area contributed by atoms with Gasteiger partial charge in [-0.05, 0) is 58.9 Å². The van der Waals surface area contributed by atoms with Gasteiger partial charge in [-0.25, -0.2) is 0 Å². The second kappa shape index (κ2) is 6.06. The van der Waals surface area contributed by atoms with E-state index in [0.717, 1.165) is 22.6 Å². The van der Waals surface area contributed by atoms with Crippen molar-refractivity contribution in [3.63, 3.8) is 0 Å². The minimum absolute atomic E-state index is 0.0785. The van der Waals surface area contributed by atoms with Crippen molar-refractivity contribution in [2.75, 3.05) is 0 Å². The molecule has 2 aliphatic heterocycles. The normalized spacial score (nSPS) is 41.2. The van der Waals surface area contributed by atoms with E-state index in [1.54, 1.807) is 10.6 Å². The highest BCUT2D eigenvalue weighted by atomic mass is 31.1. The van der Waals surface area contributed by atoms with Crippen LogP contribution < -0.4 is 10.6 Å². The summed E-state index contributed by atoms with van der Waals surface area (Å²) in [4.78, 5) is 0. The van der Waals surface area contributed by atoms with Crippen molar-refractivity contribution >= 4 is 26.5 Å². The fourth-order valence-corrected chi connectivity index (χ4v) is 11.5. The maximum Gasteiger partial charge on any atom is -0.0158 e. The molecule has 0 N–H and O–H groups in total. The molecule has 0 amide bonds. The Bertz CT molecular complexity index is 407. The van der Waals surface area contributed by atoms with Gasteiger partial charge in [0, 0.05) is 0 Å². The van der Waals surface area contributed by atoms with Gasteiger partial charge in [0.05, 0.1) is 0 Å². The maximum absolute atomic E-state index is 2.50. The number of hydrogen-bond donors (Lipinski definition) is 0. The van der Waals surface area contributed by atoms with Gasteiger partial charge in [0.15, 0.2) is 0 Å². The van der Waals surface area contributed by atoms with Crippen LogP contribution >= 0.6 is 15.8 Å². The maximum atomic E-state index is 2.50. The van der Waals surface area contributed by atoms with Gasteiger partial charge in [-0.3, -0.25) is 0 Å². The van der Waals surface area contributed by atoms with Crippen LogP contribution in [0.15, 0.2) is 24.3 Å². The van der Waals surface area contributed by atoms with Crippen LogP contribution in [-0.4, -0.2) is 22.6 Å². The highest BCUT2D eigenvalue weighted by molar-refractivity contribution is 7.73. The van der Waals surface area contributed by atoms with Gasteiger partial charge in [-0.15, -0.1) is 0 Å². The highest BCUT2D eigenvalue weighted by Gasteiger charge is 2.37. The molecule has 0 aliphatic carbocycles. The molecule has 2 saturated heterocycles. The van der Waals surface area contributed by atoms with Gasteiger partial charge in [-0.2, -0.15) is 0 Å². The second-order valence-electron chi connectivity index (χ2n) is 6.85. The van der Waals surface area contributed by atoms with E-state index >= 15 is 0 Å². The Morgan fingerprint density at radius 1 is 0.650 bits per heavy atom. The van der Waals surface area contributed by atoms with Crippen molar-refractivity contribution in [2.24, 2.45) is 0 Å². The molecule has 0 bridgehead atoms. The average molecular weight is 306 g/mol. The van der Waals surface area contributed by atoms with E-state index in [9.17, 15) is 0 Å². The van der Waals surface area contributed by atoms with Crippen molar-refractivity contribution < 1.29 is 0 Å². The molecule has 1 aromatic carbocycles. The number of rotatable bonds is 2. The summed E-state index contributed by atoms with van der Waals surface area (Å²) in [6.07, 6.45) is 5.79. The Morgan fingerprint density at radius 2 is 0.950 bits per heavy atom. The molecule has 1 aromatic rings. The first-order valence-electron chi connectivity index (χ1n) is 8.25. The predicted octanol–water partition coefficient (Wildman–Crippen LogP) is 5.04. The van der Waals surface area contributed by atoms with Gasteiger partial charge in [-0.1, -0.05) is 67.8 Å². The Hall–Kier alpha value is 0.0800. The fraction of sp³-hybridized carbons (Fsp3) is 0.667. The SMILES string of the molecule is CC1CC[C@H](C)P1c1ccccc1P1C(C)CC[C@@H]1C. The Kier molecular flexibility index (Phi) is 4.54. The van der Waals surface area contributed by atoms with E-state index in [1.807, 2.05) is 0 Å². The van der Waals surface area contributed by atoms with Crippen molar-refractivity contribution in [1.29, 1.82) is 0 Å². The summed E-state index contributed by atoms with van der Waals surface area (Å²) in [5.74, 6) is 0. The molecular formula is C18H28P2. The topological polar surface area (TPSA) is 0 Å². The third-order valence-corrected chi connectivity index (χ3v) is 12.2. The Labute approximate surface area is 127 Å². The number of hydrogen-bond acceptors (Lipinski definition) is 0. The highest BCUT2D eigenvalue weighted by Crippen LogP contribution is 2.58. The zero-order valence-electron chi connectivity index (χ0n) is 13.3. The zero-order valence-corrected chi connectivity index (χ0v) is 15.1. The van der Waals surface area contributed by atoms with Crippen LogP contribution in [0.2, 0.25) is 0 Å². The van der Waals surface area contributed by atoms with Crippen LogP contribution in [-0.2, 0) is 0 Å². The van der Waals surface area contributed by atoms with Crippen LogP contribution in [0.5, 0.6) is 0 Å². The summed E-state index contributed by atoms with van der Waals surface area (Å²) in [6, 6.07) is 9.55. The van der Waals surface area contributed by atoms with Crippen molar-refractivity contribution in [3.05, 3.63) is 24.3 Å². The van der Waals surface area contributed by atoms with E-state index in [1.165, 1.54) is 25.7 Å². The molecule has 2 heterocycles. The molecule has 0 nitrogen and oxygen atoms in total. The molecule has 2 fully saturated rings. The van der Waals surface area contributed by atoms with E-state index in [-0.39, 0.29) is 15.8 Å². The molecule has 0 saturated carbocycles. The van der Waals surface area contributed by atoms with Crippen LogP contribution in [0, 0.1) is 0 Å². The molecule has 20 heavy (non-hydrogen) atoms. The van der Waals surface area contributed by atoms with Crippen LogP contribution in [0.4, 0.5) is 0 Å². The molecule has 110 valence electrons. The van der Waals surface area contributed by atoms with E-state index < -0.39 is 0 Å². The Morgan fingerprint density at radius 3 is 1.25 bits per heavy atom. The minimum atomic E-state index is 0.0785. The minimum Gasteiger partial charge on any atom is -0.0688 e. The lowest BCUT2D eigenvalue weighted by Gasteiger charge is -2.30. The number of benzene rings is 1. The third-order valence-electron chi connectivity index (χ3n) is 5.34. The van der Waals surface area contributed by atoms with Crippen LogP contribution in [0.3, 0.4) is 0 Å². The van der Waals surface area contributed by atoms with E-state index in [0.29, 0.717) is 0 Å². The van der Waals surface area contributed by atoms with E-state index in [4.69, 9.17) is 0 Å². The fourth-order valence-electron chi connectivity index (χ4n) is 4.24. The molecule has 4 unspecified atom stereocenters. The molecule has 6 atom stereocenters. The zero-order chi connectivity index (χ0) is 14.3. The lowest BCUT2D eigenvalue weighted by molar-refractivity contribution is 0.777. The molecule has 2 aliphatic rings. The first kappa shape index (κ1) is 15.0. The largest absolute Gasteiger partial charge is 0.0688 e. The first-order chi connectivity index (χ1) is 9.59. The van der Waals surface area contributed by atoms with E-state index in [2.05, 4.69) is 52.0 Å². The molecule has 0 aromatic heterocycles. The second-order valence-corrected chi connectivity index (χ2v) is 13.0. The van der Waals surface area contributed by atoms with Gasteiger partial charge in [0.2, 0.25) is 0 Å². The predicted molar refractivity (Wildman–Crippen MR) is 95.9 cm³/mol. The van der Waals surface area contributed by atoms with Gasteiger partial charge >= 0.3 is 0 Å². The summed E-state index contributed by atoms with van der Waals surface area (Å²) in [7, 11) is 0.157. The monoisotopic (exact) mass is 306 g/mol. The van der Waals surface area contributed by atoms with Crippen LogP contribution in [0.1, 0.15) is 53.4 Å². The summed E-state index contributed by atoms with van der Waals surface area (Å²) < 4.78 is 0. The lowest BCUT2D eigenvalue weighted by Crippen LogP contribution is -2.28. The summed E-state index contributed by atoms with van der Waals surface area (Å²) >= 11 is 0. The molecule has 0 radical (unpaired) electrons. The first-order valence-corrected chi connectivity index (χ1v) is 11.2. The summed E-state index contributed by atoms with van der Waals surface area (Å²) in [6.45, 7) is 10.0. The Balaban J connectivity index is 2.00. The van der Waals surface area contributed by atoms with Crippen molar-refractivity contribution in [1.82, 2.24) is 0 Å². The van der Waals surface area contributed by atoms with Gasteiger partial charge in [0.25, 0.3) is 0 Å². The van der Waals surface area contributed by atoms with Crippen LogP contribution in [0.25, 0.3) is 0 Å². The van der Waals surface area contributed by atoms with Crippen molar-refractivity contribution in [2.45, 2.75) is 76.0 Å². The molecule has 2 heteroatoms. The molecule has 3 rings (SSSR count).